The Morgan fingerprint density at radius 3 is 2.89 bits per heavy atom. The van der Waals surface area contributed by atoms with Crippen LogP contribution in [0.1, 0.15) is 30.6 Å². The molecule has 0 radical (unpaired) electrons. The molecule has 0 unspecified atom stereocenters. The maximum absolute atomic E-state index is 12.0. The summed E-state index contributed by atoms with van der Waals surface area (Å²) in [7, 11) is 0. The van der Waals surface area contributed by atoms with Gasteiger partial charge in [0.15, 0.2) is 11.5 Å². The van der Waals surface area contributed by atoms with Crippen LogP contribution in [0.15, 0.2) is 18.2 Å². The van der Waals surface area contributed by atoms with Crippen molar-refractivity contribution in [2.75, 3.05) is 6.79 Å². The summed E-state index contributed by atoms with van der Waals surface area (Å²) in [6.07, 6.45) is 0.541. The largest absolute Gasteiger partial charge is 0.454 e. The van der Waals surface area contributed by atoms with Gasteiger partial charge in [0, 0.05) is 5.56 Å². The van der Waals surface area contributed by atoms with Crippen molar-refractivity contribution in [3.63, 3.8) is 0 Å². The lowest BCUT2D eigenvalue weighted by Crippen LogP contribution is -2.44. The zero-order valence-corrected chi connectivity index (χ0v) is 10.3. The van der Waals surface area contributed by atoms with E-state index in [1.807, 2.05) is 6.92 Å². The SMILES string of the molecule is CC[C@@](C)(C#N)NC(=O)c1ccc2c(c1)OCO2. The number of amides is 1. The van der Waals surface area contributed by atoms with Crippen LogP contribution in [0, 0.1) is 11.3 Å². The highest BCUT2D eigenvalue weighted by Crippen LogP contribution is 2.32. The fraction of sp³-hybridized carbons (Fsp3) is 0.385. The molecule has 0 fully saturated rings. The second-order valence-electron chi connectivity index (χ2n) is 4.32. The van der Waals surface area contributed by atoms with Crippen molar-refractivity contribution in [3.05, 3.63) is 23.8 Å². The Labute approximate surface area is 105 Å². The first kappa shape index (κ1) is 12.2. The highest BCUT2D eigenvalue weighted by atomic mass is 16.7. The lowest BCUT2D eigenvalue weighted by Gasteiger charge is -2.21. The zero-order valence-electron chi connectivity index (χ0n) is 10.3. The molecule has 0 aromatic heterocycles. The Kier molecular flexibility index (Phi) is 3.11. The van der Waals surface area contributed by atoms with Crippen LogP contribution in [-0.4, -0.2) is 18.2 Å². The van der Waals surface area contributed by atoms with Gasteiger partial charge in [-0.15, -0.1) is 0 Å². The molecule has 5 heteroatoms. The maximum atomic E-state index is 12.0. The van der Waals surface area contributed by atoms with Crippen LogP contribution in [-0.2, 0) is 0 Å². The van der Waals surface area contributed by atoms with Crippen LogP contribution < -0.4 is 14.8 Å². The Hall–Kier alpha value is -2.22. The second kappa shape index (κ2) is 4.57. The van der Waals surface area contributed by atoms with Gasteiger partial charge in [-0.2, -0.15) is 5.26 Å². The average Bonchev–Trinajstić information content (AvgIpc) is 2.85. The minimum absolute atomic E-state index is 0.172. The summed E-state index contributed by atoms with van der Waals surface area (Å²) in [5, 5.41) is 11.7. The van der Waals surface area contributed by atoms with E-state index >= 15 is 0 Å². The highest BCUT2D eigenvalue weighted by Gasteiger charge is 2.25. The van der Waals surface area contributed by atoms with Crippen molar-refractivity contribution in [2.45, 2.75) is 25.8 Å². The number of fused-ring (bicyclic) bond motifs is 1. The third kappa shape index (κ3) is 2.23. The summed E-state index contributed by atoms with van der Waals surface area (Å²) in [6, 6.07) is 7.05. The van der Waals surface area contributed by atoms with Gasteiger partial charge >= 0.3 is 0 Å². The molecule has 1 amide bonds. The van der Waals surface area contributed by atoms with E-state index < -0.39 is 5.54 Å². The van der Waals surface area contributed by atoms with E-state index in [4.69, 9.17) is 14.7 Å². The average molecular weight is 246 g/mol. The molecular weight excluding hydrogens is 232 g/mol. The topological polar surface area (TPSA) is 71.4 Å². The molecular formula is C13H14N2O3. The minimum atomic E-state index is -0.854. The third-order valence-corrected chi connectivity index (χ3v) is 2.98. The lowest BCUT2D eigenvalue weighted by molar-refractivity contribution is 0.0922. The van der Waals surface area contributed by atoms with Crippen molar-refractivity contribution in [2.24, 2.45) is 0 Å². The van der Waals surface area contributed by atoms with E-state index in [0.29, 0.717) is 23.5 Å². The predicted octanol–water partition coefficient (Wildman–Crippen LogP) is 1.84. The van der Waals surface area contributed by atoms with Gasteiger partial charge in [0.25, 0.3) is 5.91 Å². The fourth-order valence-electron chi connectivity index (χ4n) is 1.56. The summed E-state index contributed by atoms with van der Waals surface area (Å²) < 4.78 is 10.4. The fourth-order valence-corrected chi connectivity index (χ4v) is 1.56. The number of carbonyl (C=O) groups is 1. The third-order valence-electron chi connectivity index (χ3n) is 2.98. The van der Waals surface area contributed by atoms with Gasteiger partial charge in [0.2, 0.25) is 6.79 Å². The number of benzene rings is 1. The predicted molar refractivity (Wildman–Crippen MR) is 64.3 cm³/mol. The molecule has 1 N–H and O–H groups in total. The monoisotopic (exact) mass is 246 g/mol. The summed E-state index contributed by atoms with van der Waals surface area (Å²) >= 11 is 0. The molecule has 94 valence electrons. The molecule has 1 heterocycles. The molecule has 0 saturated heterocycles. The second-order valence-corrected chi connectivity index (χ2v) is 4.32. The van der Waals surface area contributed by atoms with E-state index in [1.54, 1.807) is 25.1 Å². The number of ether oxygens (including phenoxy) is 2. The standard InChI is InChI=1S/C13H14N2O3/c1-3-13(2,7-14)15-12(16)9-4-5-10-11(6-9)18-8-17-10/h4-6H,3,8H2,1-2H3,(H,15,16)/t13-/m0/s1. The van der Waals surface area contributed by atoms with Gasteiger partial charge in [0.1, 0.15) is 5.54 Å². The summed E-state index contributed by atoms with van der Waals surface area (Å²) in [5.41, 5.74) is -0.401. The van der Waals surface area contributed by atoms with Crippen molar-refractivity contribution >= 4 is 5.91 Å². The maximum Gasteiger partial charge on any atom is 0.252 e. The van der Waals surface area contributed by atoms with Gasteiger partial charge in [0.05, 0.1) is 6.07 Å². The number of nitrogens with one attached hydrogen (secondary N) is 1. The van der Waals surface area contributed by atoms with E-state index in [-0.39, 0.29) is 12.7 Å². The molecule has 0 saturated carbocycles. The minimum Gasteiger partial charge on any atom is -0.454 e. The number of rotatable bonds is 3. The van der Waals surface area contributed by atoms with Gasteiger partial charge in [-0.05, 0) is 31.5 Å². The van der Waals surface area contributed by atoms with Crippen molar-refractivity contribution in [1.82, 2.24) is 5.32 Å². The first-order valence-corrected chi connectivity index (χ1v) is 5.71. The Balaban J connectivity index is 2.18. The van der Waals surface area contributed by atoms with Crippen LogP contribution in [0.2, 0.25) is 0 Å². The van der Waals surface area contributed by atoms with Crippen molar-refractivity contribution in [1.29, 1.82) is 5.26 Å². The van der Waals surface area contributed by atoms with Crippen LogP contribution in [0.3, 0.4) is 0 Å². The number of hydrogen-bond donors (Lipinski definition) is 1. The molecule has 1 aliphatic rings. The first-order chi connectivity index (χ1) is 8.58. The van der Waals surface area contributed by atoms with Crippen molar-refractivity contribution < 1.29 is 14.3 Å². The van der Waals surface area contributed by atoms with E-state index in [0.717, 1.165) is 0 Å². The lowest BCUT2D eigenvalue weighted by atomic mass is 10.0. The van der Waals surface area contributed by atoms with Crippen LogP contribution in [0.4, 0.5) is 0 Å². The van der Waals surface area contributed by atoms with E-state index in [1.165, 1.54) is 0 Å². The molecule has 18 heavy (non-hydrogen) atoms. The number of nitriles is 1. The Morgan fingerprint density at radius 2 is 2.22 bits per heavy atom. The van der Waals surface area contributed by atoms with Crippen LogP contribution in [0.5, 0.6) is 11.5 Å². The smallest absolute Gasteiger partial charge is 0.252 e. The molecule has 5 nitrogen and oxygen atoms in total. The first-order valence-electron chi connectivity index (χ1n) is 5.71. The normalized spacial score (nSPS) is 15.6. The molecule has 1 aliphatic heterocycles. The molecule has 0 spiro atoms. The Morgan fingerprint density at radius 1 is 1.50 bits per heavy atom. The molecule has 0 bridgehead atoms. The van der Waals surface area contributed by atoms with E-state index in [9.17, 15) is 4.79 Å². The number of hydrogen-bond acceptors (Lipinski definition) is 4. The summed E-state index contributed by atoms with van der Waals surface area (Å²) in [4.78, 5) is 12.0. The van der Waals surface area contributed by atoms with E-state index in [2.05, 4.69) is 11.4 Å². The Bertz CT molecular complexity index is 521. The highest BCUT2D eigenvalue weighted by molar-refractivity contribution is 5.95. The molecule has 1 aromatic carbocycles. The molecule has 1 atom stereocenters. The van der Waals surface area contributed by atoms with Crippen LogP contribution in [0.25, 0.3) is 0 Å². The van der Waals surface area contributed by atoms with Gasteiger partial charge in [-0.3, -0.25) is 4.79 Å². The zero-order chi connectivity index (χ0) is 13.2. The quantitative estimate of drug-likeness (QED) is 0.883. The summed E-state index contributed by atoms with van der Waals surface area (Å²) in [5.74, 6) is 0.891. The number of carbonyl (C=O) groups excluding carboxylic acids is 1. The van der Waals surface area contributed by atoms with Crippen LogP contribution >= 0.6 is 0 Å². The molecule has 0 aliphatic carbocycles. The molecule has 1 aromatic rings. The van der Waals surface area contributed by atoms with Gasteiger partial charge < -0.3 is 14.8 Å². The molecule has 2 rings (SSSR count). The number of nitrogens with zero attached hydrogens (tertiary/aromatic N) is 1. The van der Waals surface area contributed by atoms with Gasteiger partial charge in [-0.1, -0.05) is 6.92 Å². The van der Waals surface area contributed by atoms with Crippen molar-refractivity contribution in [3.8, 4) is 17.6 Å². The summed E-state index contributed by atoms with van der Waals surface area (Å²) in [6.45, 7) is 3.71. The van der Waals surface area contributed by atoms with Gasteiger partial charge in [-0.25, -0.2) is 0 Å².